The Labute approximate surface area is 140 Å². The smallest absolute Gasteiger partial charge is 0.327 e. The van der Waals surface area contributed by atoms with Crippen molar-refractivity contribution in [3.05, 3.63) is 27.3 Å². The number of rotatable bonds is 7. The minimum Gasteiger partial charge on any atom is -0.396 e. The number of fused-ring (bicyclic) bond motifs is 1. The van der Waals surface area contributed by atoms with Crippen LogP contribution >= 0.6 is 11.6 Å². The van der Waals surface area contributed by atoms with E-state index >= 15 is 0 Å². The predicted molar refractivity (Wildman–Crippen MR) is 93.4 cm³/mol. The minimum absolute atomic E-state index is 0.0836. The van der Waals surface area contributed by atoms with Crippen LogP contribution in [0.15, 0.2) is 16.1 Å². The van der Waals surface area contributed by atoms with Gasteiger partial charge in [-0.1, -0.05) is 44.5 Å². The third kappa shape index (κ3) is 3.75. The summed E-state index contributed by atoms with van der Waals surface area (Å²) in [5.74, 6) is 0.384. The molecule has 0 fully saturated rings. The summed E-state index contributed by atoms with van der Waals surface area (Å²) in [5.41, 5.74) is 1.65. The Morgan fingerprint density at radius 3 is 2.74 bits per heavy atom. The molecule has 6 nitrogen and oxygen atoms in total. The highest BCUT2D eigenvalue weighted by atomic mass is 35.5. The number of hydrogen-bond acceptors (Lipinski definition) is 4. The average molecular weight is 339 g/mol. The Morgan fingerprint density at radius 1 is 1.43 bits per heavy atom. The van der Waals surface area contributed by atoms with Gasteiger partial charge in [-0.05, 0) is 18.8 Å². The molecule has 0 radical (unpaired) electrons. The lowest BCUT2D eigenvalue weighted by Gasteiger charge is -2.15. The highest BCUT2D eigenvalue weighted by molar-refractivity contribution is 6.34. The van der Waals surface area contributed by atoms with Crippen LogP contribution in [0.1, 0.15) is 52.1 Å². The van der Waals surface area contributed by atoms with E-state index in [1.54, 1.807) is 10.8 Å². The number of aromatic nitrogens is 3. The van der Waals surface area contributed by atoms with Crippen molar-refractivity contribution in [2.24, 2.45) is 11.1 Å². The molecule has 23 heavy (non-hydrogen) atoms. The zero-order chi connectivity index (χ0) is 17.0. The van der Waals surface area contributed by atoms with Crippen LogP contribution in [-0.4, -0.2) is 27.4 Å². The molecule has 2 aromatic heterocycles. The van der Waals surface area contributed by atoms with Gasteiger partial charge in [-0.2, -0.15) is 0 Å². The van der Waals surface area contributed by atoms with E-state index in [1.807, 2.05) is 13.8 Å². The maximum atomic E-state index is 12.3. The van der Waals surface area contributed by atoms with Gasteiger partial charge in [0.05, 0.1) is 16.8 Å². The molecular weight excluding hydrogens is 316 g/mol. The summed E-state index contributed by atoms with van der Waals surface area (Å²) in [7, 11) is 0. The first-order valence-electron chi connectivity index (χ1n) is 7.93. The van der Waals surface area contributed by atoms with Crippen molar-refractivity contribution in [1.29, 1.82) is 0 Å². The zero-order valence-electron chi connectivity index (χ0n) is 14.0. The van der Waals surface area contributed by atoms with Crippen molar-refractivity contribution >= 4 is 29.0 Å². The fourth-order valence-electron chi connectivity index (χ4n) is 2.50. The van der Waals surface area contributed by atoms with Crippen molar-refractivity contribution in [3.63, 3.8) is 0 Å². The van der Waals surface area contributed by atoms with Gasteiger partial charge in [0, 0.05) is 17.8 Å². The third-order valence-electron chi connectivity index (χ3n) is 3.70. The van der Waals surface area contributed by atoms with Crippen LogP contribution in [-0.2, 0) is 4.84 Å². The van der Waals surface area contributed by atoms with E-state index in [9.17, 15) is 4.79 Å². The quantitative estimate of drug-likeness (QED) is 0.617. The second kappa shape index (κ2) is 7.64. The fourth-order valence-corrected chi connectivity index (χ4v) is 2.69. The number of nitrogens with zero attached hydrogens (tertiary/aromatic N) is 3. The van der Waals surface area contributed by atoms with Crippen molar-refractivity contribution in [2.75, 3.05) is 6.61 Å². The van der Waals surface area contributed by atoms with Crippen LogP contribution in [0.4, 0.5) is 0 Å². The third-order valence-corrected chi connectivity index (χ3v) is 4.00. The Morgan fingerprint density at radius 2 is 2.13 bits per heavy atom. The standard InChI is InChI=1S/C16H23ClN4O2/c1-5-11(6-2)21-14-12(7-19-23-9-10(3)4)13(17)8-18-15(14)20-16(21)22/h7-8,10-11H,5-6,9H2,1-4H3,(H,18,20,22)/b19-7-. The monoisotopic (exact) mass is 338 g/mol. The van der Waals surface area contributed by atoms with Crippen LogP contribution in [0.3, 0.4) is 0 Å². The van der Waals surface area contributed by atoms with E-state index in [0.29, 0.717) is 34.3 Å². The summed E-state index contributed by atoms with van der Waals surface area (Å²) in [4.78, 5) is 24.6. The molecule has 0 bridgehead atoms. The average Bonchev–Trinajstić information content (AvgIpc) is 2.84. The molecule has 7 heteroatoms. The summed E-state index contributed by atoms with van der Waals surface area (Å²) >= 11 is 6.28. The topological polar surface area (TPSA) is 72.3 Å². The number of imidazole rings is 1. The zero-order valence-corrected chi connectivity index (χ0v) is 14.7. The number of oxime groups is 1. The number of H-pyrrole nitrogens is 1. The van der Waals surface area contributed by atoms with E-state index in [0.717, 1.165) is 12.8 Å². The predicted octanol–water partition coefficient (Wildman–Crippen LogP) is 3.75. The Hall–Kier alpha value is -1.82. The van der Waals surface area contributed by atoms with Crippen LogP contribution in [0.25, 0.3) is 11.2 Å². The molecule has 0 aliphatic heterocycles. The van der Waals surface area contributed by atoms with E-state index in [2.05, 4.69) is 29.0 Å². The van der Waals surface area contributed by atoms with Gasteiger partial charge in [0.15, 0.2) is 5.65 Å². The number of pyridine rings is 1. The summed E-state index contributed by atoms with van der Waals surface area (Å²) in [5, 5.41) is 4.43. The minimum atomic E-state index is -0.179. The molecule has 0 amide bonds. The number of hydrogen-bond donors (Lipinski definition) is 1. The molecule has 2 rings (SSSR count). The fraction of sp³-hybridized carbons (Fsp3) is 0.562. The summed E-state index contributed by atoms with van der Waals surface area (Å²) in [6.07, 6.45) is 4.76. The van der Waals surface area contributed by atoms with E-state index in [4.69, 9.17) is 16.4 Å². The summed E-state index contributed by atoms with van der Waals surface area (Å²) in [6.45, 7) is 8.72. The lowest BCUT2D eigenvalue weighted by atomic mass is 10.1. The maximum absolute atomic E-state index is 12.3. The highest BCUT2D eigenvalue weighted by Gasteiger charge is 2.19. The Bertz CT molecular complexity index is 744. The van der Waals surface area contributed by atoms with Gasteiger partial charge in [-0.25, -0.2) is 9.78 Å². The van der Waals surface area contributed by atoms with Gasteiger partial charge in [0.2, 0.25) is 0 Å². The highest BCUT2D eigenvalue weighted by Crippen LogP contribution is 2.25. The largest absolute Gasteiger partial charge is 0.396 e. The van der Waals surface area contributed by atoms with E-state index in [1.165, 1.54) is 6.20 Å². The van der Waals surface area contributed by atoms with Gasteiger partial charge in [0.1, 0.15) is 6.61 Å². The molecule has 126 valence electrons. The molecular formula is C16H23ClN4O2. The van der Waals surface area contributed by atoms with Gasteiger partial charge in [0.25, 0.3) is 0 Å². The molecule has 0 aromatic carbocycles. The van der Waals surface area contributed by atoms with Crippen molar-refractivity contribution in [3.8, 4) is 0 Å². The molecule has 0 aliphatic carbocycles. The summed E-state index contributed by atoms with van der Waals surface area (Å²) < 4.78 is 1.72. The van der Waals surface area contributed by atoms with Gasteiger partial charge in [-0.3, -0.25) is 9.55 Å². The van der Waals surface area contributed by atoms with Crippen molar-refractivity contribution < 1.29 is 4.84 Å². The first-order valence-corrected chi connectivity index (χ1v) is 8.31. The second-order valence-corrected chi connectivity index (χ2v) is 6.32. The lowest BCUT2D eigenvalue weighted by molar-refractivity contribution is 0.120. The van der Waals surface area contributed by atoms with Gasteiger partial charge >= 0.3 is 5.69 Å². The first-order chi connectivity index (χ1) is 11.0. The second-order valence-electron chi connectivity index (χ2n) is 5.91. The van der Waals surface area contributed by atoms with Crippen LogP contribution in [0.5, 0.6) is 0 Å². The molecule has 0 unspecified atom stereocenters. The Balaban J connectivity index is 2.54. The van der Waals surface area contributed by atoms with E-state index < -0.39 is 0 Å². The lowest BCUT2D eigenvalue weighted by Crippen LogP contribution is -2.22. The molecule has 2 heterocycles. The van der Waals surface area contributed by atoms with Crippen molar-refractivity contribution in [1.82, 2.24) is 14.5 Å². The first kappa shape index (κ1) is 17.5. The maximum Gasteiger partial charge on any atom is 0.327 e. The van der Waals surface area contributed by atoms with Crippen molar-refractivity contribution in [2.45, 2.75) is 46.6 Å². The number of nitrogens with one attached hydrogen (secondary N) is 1. The number of halogens is 1. The van der Waals surface area contributed by atoms with Crippen LogP contribution < -0.4 is 5.69 Å². The van der Waals surface area contributed by atoms with Crippen LogP contribution in [0.2, 0.25) is 5.02 Å². The summed E-state index contributed by atoms with van der Waals surface area (Å²) in [6, 6.07) is 0.0836. The van der Waals surface area contributed by atoms with E-state index in [-0.39, 0.29) is 11.7 Å². The molecule has 0 atom stereocenters. The Kier molecular flexibility index (Phi) is 5.82. The molecule has 0 aliphatic rings. The van der Waals surface area contributed by atoms with Gasteiger partial charge in [-0.15, -0.1) is 0 Å². The molecule has 0 saturated heterocycles. The normalized spacial score (nSPS) is 12.1. The van der Waals surface area contributed by atoms with Gasteiger partial charge < -0.3 is 4.84 Å². The molecule has 2 aromatic rings. The van der Waals surface area contributed by atoms with Crippen LogP contribution in [0, 0.1) is 5.92 Å². The molecule has 0 spiro atoms. The molecule has 0 saturated carbocycles. The molecule has 1 N–H and O–H groups in total. The SMILES string of the molecule is CCC(CC)n1c(=O)[nH]c2ncc(Cl)c(/C=N\OCC(C)C)c21. The number of aromatic amines is 1.